The number of hydrogen-bond donors (Lipinski definition) is 1. The standard InChI is InChI=1S/C30H35Cl2N3O5S/c1-5-28(30(37)33-18-21(2)3)34(19-22-11-12-23(31)17-27(22)32)29(36)20-35(24-9-7-6-8-10-24)41(38,39)26-15-13-25(40-4)14-16-26/h6-17,21,28H,5,18-20H2,1-4H3,(H,33,37)/t28-/m1/s1. The van der Waals surface area contributed by atoms with E-state index in [1.54, 1.807) is 67.6 Å². The van der Waals surface area contributed by atoms with Crippen molar-refractivity contribution in [2.75, 3.05) is 24.5 Å². The van der Waals surface area contributed by atoms with Gasteiger partial charge in [-0.2, -0.15) is 0 Å². The van der Waals surface area contributed by atoms with E-state index in [-0.39, 0.29) is 23.3 Å². The van der Waals surface area contributed by atoms with E-state index in [4.69, 9.17) is 27.9 Å². The maximum atomic E-state index is 14.1. The summed E-state index contributed by atoms with van der Waals surface area (Å²) in [5.41, 5.74) is 0.877. The number of para-hydroxylation sites is 1. The Bertz CT molecular complexity index is 1430. The molecule has 3 rings (SSSR count). The van der Waals surface area contributed by atoms with Crippen LogP contribution in [0.5, 0.6) is 5.75 Å². The summed E-state index contributed by atoms with van der Waals surface area (Å²) in [7, 11) is -2.69. The Morgan fingerprint density at radius 1 is 0.976 bits per heavy atom. The van der Waals surface area contributed by atoms with Crippen molar-refractivity contribution in [3.8, 4) is 5.75 Å². The van der Waals surface area contributed by atoms with Crippen molar-refractivity contribution in [3.63, 3.8) is 0 Å². The molecule has 0 aliphatic heterocycles. The number of anilines is 1. The molecule has 41 heavy (non-hydrogen) atoms. The molecule has 0 bridgehead atoms. The third-order valence-corrected chi connectivity index (χ3v) is 8.77. The minimum atomic E-state index is -4.18. The van der Waals surface area contributed by atoms with Crippen molar-refractivity contribution in [1.29, 1.82) is 0 Å². The third-order valence-electron chi connectivity index (χ3n) is 6.40. The topological polar surface area (TPSA) is 96.0 Å². The number of ether oxygens (including phenoxy) is 1. The van der Waals surface area contributed by atoms with Gasteiger partial charge >= 0.3 is 0 Å². The van der Waals surface area contributed by atoms with Gasteiger partial charge in [-0.05, 0) is 66.4 Å². The van der Waals surface area contributed by atoms with E-state index in [1.807, 2.05) is 13.8 Å². The van der Waals surface area contributed by atoms with Crippen molar-refractivity contribution in [2.24, 2.45) is 5.92 Å². The van der Waals surface area contributed by atoms with Gasteiger partial charge in [-0.25, -0.2) is 8.42 Å². The van der Waals surface area contributed by atoms with Gasteiger partial charge < -0.3 is 15.0 Å². The second-order valence-electron chi connectivity index (χ2n) is 9.84. The number of hydrogen-bond acceptors (Lipinski definition) is 5. The summed E-state index contributed by atoms with van der Waals surface area (Å²) in [4.78, 5) is 28.7. The lowest BCUT2D eigenvalue weighted by atomic mass is 10.1. The molecule has 8 nitrogen and oxygen atoms in total. The lowest BCUT2D eigenvalue weighted by Crippen LogP contribution is -2.52. The van der Waals surface area contributed by atoms with Crippen molar-refractivity contribution >= 4 is 50.7 Å². The average molecular weight is 621 g/mol. The zero-order chi connectivity index (χ0) is 30.2. The zero-order valence-corrected chi connectivity index (χ0v) is 25.8. The molecule has 220 valence electrons. The number of nitrogens with zero attached hydrogens (tertiary/aromatic N) is 2. The van der Waals surface area contributed by atoms with Crippen LogP contribution in [-0.2, 0) is 26.2 Å². The Labute approximate surface area is 252 Å². The second kappa shape index (κ2) is 14.6. The molecule has 0 saturated heterocycles. The summed E-state index contributed by atoms with van der Waals surface area (Å²) in [6, 6.07) is 18.3. The predicted molar refractivity (Wildman–Crippen MR) is 163 cm³/mol. The van der Waals surface area contributed by atoms with Gasteiger partial charge in [-0.1, -0.05) is 68.2 Å². The Morgan fingerprint density at radius 3 is 2.20 bits per heavy atom. The van der Waals surface area contributed by atoms with Crippen LogP contribution in [-0.4, -0.2) is 51.4 Å². The first-order valence-electron chi connectivity index (χ1n) is 13.2. The molecule has 0 aliphatic carbocycles. The second-order valence-corrected chi connectivity index (χ2v) is 12.5. The van der Waals surface area contributed by atoms with Gasteiger partial charge in [-0.15, -0.1) is 0 Å². The molecule has 0 aliphatic rings. The highest BCUT2D eigenvalue weighted by molar-refractivity contribution is 7.92. The Kier molecular flexibility index (Phi) is 11.5. The maximum Gasteiger partial charge on any atom is 0.264 e. The molecule has 11 heteroatoms. The molecule has 0 radical (unpaired) electrons. The molecular weight excluding hydrogens is 585 g/mol. The van der Waals surface area contributed by atoms with Gasteiger partial charge in [0.25, 0.3) is 10.0 Å². The lowest BCUT2D eigenvalue weighted by Gasteiger charge is -2.33. The summed E-state index contributed by atoms with van der Waals surface area (Å²) in [5.74, 6) is -0.197. The third kappa shape index (κ3) is 8.38. The number of halogens is 2. The van der Waals surface area contributed by atoms with Crippen LogP contribution in [0.2, 0.25) is 10.0 Å². The first kappa shape index (κ1) is 32.2. The van der Waals surface area contributed by atoms with Crippen molar-refractivity contribution in [2.45, 2.75) is 44.7 Å². The number of carbonyl (C=O) groups is 2. The van der Waals surface area contributed by atoms with E-state index in [2.05, 4.69) is 5.32 Å². The van der Waals surface area contributed by atoms with Crippen LogP contribution in [0.3, 0.4) is 0 Å². The molecule has 0 saturated carbocycles. The molecule has 0 heterocycles. The van der Waals surface area contributed by atoms with Crippen LogP contribution in [0.4, 0.5) is 5.69 Å². The van der Waals surface area contributed by atoms with Gasteiger partial charge in [0.15, 0.2) is 0 Å². The lowest BCUT2D eigenvalue weighted by molar-refractivity contribution is -0.140. The fourth-order valence-corrected chi connectivity index (χ4v) is 6.06. The van der Waals surface area contributed by atoms with E-state index >= 15 is 0 Å². The van der Waals surface area contributed by atoms with Crippen molar-refractivity contribution in [3.05, 3.63) is 88.4 Å². The Balaban J connectivity index is 2.04. The number of benzene rings is 3. The molecule has 1 atom stereocenters. The van der Waals surface area contributed by atoms with E-state index in [1.165, 1.54) is 24.1 Å². The summed E-state index contributed by atoms with van der Waals surface area (Å²) >= 11 is 12.5. The molecule has 2 amide bonds. The number of methoxy groups -OCH3 is 1. The van der Waals surface area contributed by atoms with Crippen LogP contribution in [0.1, 0.15) is 32.8 Å². The van der Waals surface area contributed by atoms with E-state index < -0.39 is 28.5 Å². The molecule has 1 N–H and O–H groups in total. The van der Waals surface area contributed by atoms with Gasteiger partial charge in [0.1, 0.15) is 18.3 Å². The summed E-state index contributed by atoms with van der Waals surface area (Å²) in [6.07, 6.45) is 0.303. The number of rotatable bonds is 13. The molecule has 3 aromatic carbocycles. The first-order chi connectivity index (χ1) is 19.5. The largest absolute Gasteiger partial charge is 0.497 e. The van der Waals surface area contributed by atoms with Gasteiger partial charge in [0.05, 0.1) is 17.7 Å². The number of sulfonamides is 1. The Morgan fingerprint density at radius 2 is 1.63 bits per heavy atom. The molecule has 0 unspecified atom stereocenters. The molecular formula is C30H35Cl2N3O5S. The SMILES string of the molecule is CC[C@H](C(=O)NCC(C)C)N(Cc1ccc(Cl)cc1Cl)C(=O)CN(c1ccccc1)S(=O)(=O)c1ccc(OC)cc1. The van der Waals surface area contributed by atoms with Crippen LogP contribution < -0.4 is 14.4 Å². The zero-order valence-electron chi connectivity index (χ0n) is 23.5. The highest BCUT2D eigenvalue weighted by Crippen LogP contribution is 2.27. The van der Waals surface area contributed by atoms with Gasteiger partial charge in [0, 0.05) is 23.1 Å². The number of carbonyl (C=O) groups excluding carboxylic acids is 2. The van der Waals surface area contributed by atoms with Crippen LogP contribution in [0, 0.1) is 5.92 Å². The smallest absolute Gasteiger partial charge is 0.264 e. The fraction of sp³-hybridized carbons (Fsp3) is 0.333. The summed E-state index contributed by atoms with van der Waals surface area (Å²) in [6.45, 7) is 5.61. The molecule has 0 aromatic heterocycles. The maximum absolute atomic E-state index is 14.1. The monoisotopic (exact) mass is 619 g/mol. The normalized spacial score (nSPS) is 12.1. The molecule has 0 fully saturated rings. The minimum absolute atomic E-state index is 0.0102. The number of amides is 2. The quantitative estimate of drug-likeness (QED) is 0.262. The van der Waals surface area contributed by atoms with Crippen LogP contribution in [0.25, 0.3) is 0 Å². The van der Waals surface area contributed by atoms with E-state index in [0.717, 1.165) is 4.31 Å². The van der Waals surface area contributed by atoms with Gasteiger partial charge in [0.2, 0.25) is 11.8 Å². The Hall–Kier alpha value is -3.27. The van der Waals surface area contributed by atoms with E-state index in [0.29, 0.717) is 40.0 Å². The first-order valence-corrected chi connectivity index (χ1v) is 15.4. The molecule has 0 spiro atoms. The predicted octanol–water partition coefficient (Wildman–Crippen LogP) is 5.78. The molecule has 3 aromatic rings. The fourth-order valence-electron chi connectivity index (χ4n) is 4.17. The van der Waals surface area contributed by atoms with Crippen LogP contribution in [0.15, 0.2) is 77.7 Å². The average Bonchev–Trinajstić information content (AvgIpc) is 2.96. The van der Waals surface area contributed by atoms with Gasteiger partial charge in [-0.3, -0.25) is 13.9 Å². The van der Waals surface area contributed by atoms with Crippen molar-refractivity contribution in [1.82, 2.24) is 10.2 Å². The summed E-state index contributed by atoms with van der Waals surface area (Å²) < 4.78 is 34.0. The number of nitrogens with one attached hydrogen (secondary N) is 1. The minimum Gasteiger partial charge on any atom is -0.497 e. The van der Waals surface area contributed by atoms with E-state index in [9.17, 15) is 18.0 Å². The summed E-state index contributed by atoms with van der Waals surface area (Å²) in [5, 5.41) is 3.66. The van der Waals surface area contributed by atoms with Crippen LogP contribution >= 0.6 is 23.2 Å². The van der Waals surface area contributed by atoms with Crippen molar-refractivity contribution < 1.29 is 22.7 Å². The highest BCUT2D eigenvalue weighted by Gasteiger charge is 2.34. The highest BCUT2D eigenvalue weighted by atomic mass is 35.5.